The Morgan fingerprint density at radius 1 is 1.52 bits per heavy atom. The average molecular weight is 322 g/mol. The molecule has 1 aromatic rings. The summed E-state index contributed by atoms with van der Waals surface area (Å²) in [6.45, 7) is 2.85. The molecule has 126 valence electrons. The number of halogens is 1. The number of nitrogens with zero attached hydrogens (tertiary/aromatic N) is 1. The van der Waals surface area contributed by atoms with Crippen LogP contribution in [0.1, 0.15) is 18.4 Å². The van der Waals surface area contributed by atoms with Crippen LogP contribution in [0.15, 0.2) is 24.3 Å². The maximum Gasteiger partial charge on any atom is 0.245 e. The van der Waals surface area contributed by atoms with E-state index in [9.17, 15) is 9.18 Å². The van der Waals surface area contributed by atoms with Crippen LogP contribution in [-0.2, 0) is 20.8 Å². The molecule has 2 fully saturated rings. The molecule has 2 aliphatic heterocycles. The van der Waals surface area contributed by atoms with Crippen molar-refractivity contribution in [2.45, 2.75) is 31.1 Å². The molecule has 2 heterocycles. The molecule has 2 unspecified atom stereocenters. The van der Waals surface area contributed by atoms with Crippen LogP contribution in [0.2, 0.25) is 0 Å². The van der Waals surface area contributed by atoms with Gasteiger partial charge in [0, 0.05) is 38.7 Å². The number of likely N-dealkylation sites (N-methyl/N-ethyl adjacent to an activating group) is 1. The van der Waals surface area contributed by atoms with Crippen molar-refractivity contribution >= 4 is 5.91 Å². The molecular formula is C17H23FN2O3. The smallest absolute Gasteiger partial charge is 0.245 e. The van der Waals surface area contributed by atoms with Crippen LogP contribution in [-0.4, -0.2) is 55.9 Å². The zero-order chi connectivity index (χ0) is 16.3. The Bertz CT molecular complexity index is 569. The molecule has 1 spiro atoms. The van der Waals surface area contributed by atoms with Crippen LogP contribution in [0.25, 0.3) is 0 Å². The highest BCUT2D eigenvalue weighted by Crippen LogP contribution is 2.36. The first-order valence-corrected chi connectivity index (χ1v) is 8.02. The van der Waals surface area contributed by atoms with E-state index in [0.29, 0.717) is 13.2 Å². The van der Waals surface area contributed by atoms with Crippen LogP contribution < -0.4 is 5.32 Å². The van der Waals surface area contributed by atoms with Crippen LogP contribution in [0.3, 0.4) is 0 Å². The molecule has 3 rings (SSSR count). The summed E-state index contributed by atoms with van der Waals surface area (Å²) < 4.78 is 25.4. The summed E-state index contributed by atoms with van der Waals surface area (Å²) in [5.41, 5.74) is 0.508. The van der Waals surface area contributed by atoms with Gasteiger partial charge in [0.15, 0.2) is 0 Å². The van der Waals surface area contributed by atoms with Crippen molar-refractivity contribution in [3.05, 3.63) is 35.6 Å². The summed E-state index contributed by atoms with van der Waals surface area (Å²) in [4.78, 5) is 13.5. The van der Waals surface area contributed by atoms with E-state index in [-0.39, 0.29) is 30.0 Å². The minimum absolute atomic E-state index is 0.0410. The summed E-state index contributed by atoms with van der Waals surface area (Å²) in [5, 5.41) is 2.54. The topological polar surface area (TPSA) is 50.8 Å². The fourth-order valence-corrected chi connectivity index (χ4v) is 3.39. The summed E-state index contributed by atoms with van der Waals surface area (Å²) in [6, 6.07) is 6.89. The van der Waals surface area contributed by atoms with E-state index in [0.717, 1.165) is 31.5 Å². The van der Waals surface area contributed by atoms with Gasteiger partial charge in [0.2, 0.25) is 5.91 Å². The Morgan fingerprint density at radius 3 is 3.13 bits per heavy atom. The van der Waals surface area contributed by atoms with Crippen molar-refractivity contribution < 1.29 is 18.7 Å². The second-order valence-electron chi connectivity index (χ2n) is 6.36. The van der Waals surface area contributed by atoms with Crippen LogP contribution in [0.4, 0.5) is 4.39 Å². The Labute approximate surface area is 135 Å². The Balaban J connectivity index is 1.51. The van der Waals surface area contributed by atoms with Crippen LogP contribution >= 0.6 is 0 Å². The van der Waals surface area contributed by atoms with Gasteiger partial charge in [0.1, 0.15) is 12.4 Å². The Hall–Kier alpha value is -1.50. The van der Waals surface area contributed by atoms with Crippen LogP contribution in [0.5, 0.6) is 0 Å². The van der Waals surface area contributed by atoms with E-state index in [2.05, 4.69) is 10.2 Å². The average Bonchev–Trinajstić information content (AvgIpc) is 3.14. The molecule has 1 amide bonds. The quantitative estimate of drug-likeness (QED) is 0.888. The van der Waals surface area contributed by atoms with E-state index >= 15 is 0 Å². The highest BCUT2D eigenvalue weighted by Gasteiger charge is 2.45. The van der Waals surface area contributed by atoms with Crippen LogP contribution in [0, 0.1) is 5.82 Å². The van der Waals surface area contributed by atoms with Gasteiger partial charge in [0.05, 0.1) is 18.3 Å². The molecule has 0 saturated carbocycles. The molecule has 2 atom stereocenters. The zero-order valence-corrected chi connectivity index (χ0v) is 13.4. The number of amides is 1. The molecule has 1 aromatic carbocycles. The molecule has 2 saturated heterocycles. The highest BCUT2D eigenvalue weighted by atomic mass is 19.1. The number of likely N-dealkylation sites (tertiary alicyclic amines) is 1. The lowest BCUT2D eigenvalue weighted by atomic mass is 9.98. The van der Waals surface area contributed by atoms with E-state index in [4.69, 9.17) is 9.47 Å². The second kappa shape index (κ2) is 6.95. The predicted molar refractivity (Wildman–Crippen MR) is 83.4 cm³/mol. The number of rotatable bonds is 5. The Morgan fingerprint density at radius 2 is 2.35 bits per heavy atom. The first-order valence-electron chi connectivity index (χ1n) is 8.02. The summed E-state index contributed by atoms with van der Waals surface area (Å²) in [6.07, 6.45) is 1.67. The number of ether oxygens (including phenoxy) is 2. The number of benzene rings is 1. The van der Waals surface area contributed by atoms with E-state index in [1.54, 1.807) is 13.1 Å². The van der Waals surface area contributed by atoms with Gasteiger partial charge >= 0.3 is 0 Å². The van der Waals surface area contributed by atoms with Crippen molar-refractivity contribution in [2.75, 3.05) is 33.4 Å². The van der Waals surface area contributed by atoms with Gasteiger partial charge in [0.25, 0.3) is 0 Å². The molecule has 23 heavy (non-hydrogen) atoms. The molecule has 1 N–H and O–H groups in total. The minimum atomic E-state index is -0.210. The SMILES string of the molecule is CNC(=O)COC1COC2(CCN(Cc3ccccc3F)C2)C1. The van der Waals surface area contributed by atoms with Gasteiger partial charge in [-0.1, -0.05) is 18.2 Å². The lowest BCUT2D eigenvalue weighted by Gasteiger charge is -2.23. The van der Waals surface area contributed by atoms with Gasteiger partial charge < -0.3 is 14.8 Å². The third-order valence-corrected chi connectivity index (χ3v) is 4.65. The van der Waals surface area contributed by atoms with E-state index in [1.807, 2.05) is 12.1 Å². The summed E-state index contributed by atoms with van der Waals surface area (Å²) >= 11 is 0. The third kappa shape index (κ3) is 3.88. The van der Waals surface area contributed by atoms with E-state index < -0.39 is 0 Å². The number of carbonyl (C=O) groups excluding carboxylic acids is 1. The third-order valence-electron chi connectivity index (χ3n) is 4.65. The molecular weight excluding hydrogens is 299 g/mol. The standard InChI is InChI=1S/C17H23FN2O3/c1-19-16(21)11-22-14-8-17(23-10-14)6-7-20(12-17)9-13-4-2-3-5-15(13)18/h2-5,14H,6-12H2,1H3,(H,19,21). The lowest BCUT2D eigenvalue weighted by Crippen LogP contribution is -2.33. The van der Waals surface area contributed by atoms with Gasteiger partial charge in [-0.2, -0.15) is 0 Å². The monoisotopic (exact) mass is 322 g/mol. The molecule has 0 aromatic heterocycles. The minimum Gasteiger partial charge on any atom is -0.371 e. The van der Waals surface area contributed by atoms with Crippen molar-refractivity contribution in [1.82, 2.24) is 10.2 Å². The largest absolute Gasteiger partial charge is 0.371 e. The zero-order valence-electron chi connectivity index (χ0n) is 13.4. The van der Waals surface area contributed by atoms with Gasteiger partial charge in [-0.05, 0) is 12.5 Å². The fraction of sp³-hybridized carbons (Fsp3) is 0.588. The molecule has 6 heteroatoms. The summed E-state index contributed by atoms with van der Waals surface area (Å²) in [7, 11) is 1.59. The lowest BCUT2D eigenvalue weighted by molar-refractivity contribution is -0.127. The van der Waals surface area contributed by atoms with Crippen molar-refractivity contribution in [1.29, 1.82) is 0 Å². The first kappa shape index (κ1) is 16.4. The van der Waals surface area contributed by atoms with Crippen molar-refractivity contribution in [3.8, 4) is 0 Å². The Kier molecular flexibility index (Phi) is 4.94. The fourth-order valence-electron chi connectivity index (χ4n) is 3.39. The van der Waals surface area contributed by atoms with Gasteiger partial charge in [-0.15, -0.1) is 0 Å². The molecule has 0 radical (unpaired) electrons. The van der Waals surface area contributed by atoms with Crippen molar-refractivity contribution in [2.24, 2.45) is 0 Å². The molecule has 0 bridgehead atoms. The number of carbonyl (C=O) groups is 1. The second-order valence-corrected chi connectivity index (χ2v) is 6.36. The molecule has 0 aliphatic carbocycles. The first-order chi connectivity index (χ1) is 11.1. The predicted octanol–water partition coefficient (Wildman–Crippen LogP) is 1.32. The highest BCUT2D eigenvalue weighted by molar-refractivity contribution is 5.76. The number of nitrogens with one attached hydrogen (secondary N) is 1. The summed E-state index contributed by atoms with van der Waals surface area (Å²) in [5.74, 6) is -0.286. The van der Waals surface area contributed by atoms with E-state index in [1.165, 1.54) is 6.07 Å². The van der Waals surface area contributed by atoms with Gasteiger partial charge in [-0.25, -0.2) is 4.39 Å². The maximum atomic E-state index is 13.8. The number of hydrogen-bond donors (Lipinski definition) is 1. The van der Waals surface area contributed by atoms with Crippen molar-refractivity contribution in [3.63, 3.8) is 0 Å². The normalized spacial score (nSPS) is 27.7. The van der Waals surface area contributed by atoms with Gasteiger partial charge in [-0.3, -0.25) is 9.69 Å². The molecule has 2 aliphatic rings. The molecule has 5 nitrogen and oxygen atoms in total. The maximum absolute atomic E-state index is 13.8. The number of hydrogen-bond acceptors (Lipinski definition) is 4.